The van der Waals surface area contributed by atoms with E-state index in [4.69, 9.17) is 5.11 Å². The van der Waals surface area contributed by atoms with E-state index in [-0.39, 0.29) is 0 Å². The lowest BCUT2D eigenvalue weighted by Crippen LogP contribution is -2.54. The lowest BCUT2D eigenvalue weighted by atomic mass is 9.83. The van der Waals surface area contributed by atoms with Gasteiger partial charge in [0.25, 0.3) is 0 Å². The van der Waals surface area contributed by atoms with Gasteiger partial charge in [0, 0.05) is 36.9 Å². The number of nitrogens with one attached hydrogen (secondary N) is 1. The molecule has 0 bridgehead atoms. The van der Waals surface area contributed by atoms with Gasteiger partial charge in [-0.3, -0.25) is 4.79 Å². The Labute approximate surface area is 118 Å². The minimum Gasteiger partial charge on any atom is -0.480 e. The van der Waals surface area contributed by atoms with Crippen LogP contribution in [0, 0.1) is 6.92 Å². The first-order valence-electron chi connectivity index (χ1n) is 7.20. The Hall–Kier alpha value is -1.69. The van der Waals surface area contributed by atoms with E-state index in [1.807, 2.05) is 11.8 Å². The first-order chi connectivity index (χ1) is 9.63. The van der Waals surface area contributed by atoms with Gasteiger partial charge in [-0.05, 0) is 25.8 Å². The van der Waals surface area contributed by atoms with Crippen LogP contribution < -0.4 is 10.2 Å². The van der Waals surface area contributed by atoms with E-state index in [1.54, 1.807) is 0 Å². The molecule has 0 aromatic carbocycles. The van der Waals surface area contributed by atoms with Gasteiger partial charge in [0.2, 0.25) is 5.95 Å². The predicted octanol–water partition coefficient (Wildman–Crippen LogP) is 0.915. The molecule has 2 heterocycles. The topological polar surface area (TPSA) is 78.4 Å². The first-order valence-corrected chi connectivity index (χ1v) is 7.20. The highest BCUT2D eigenvalue weighted by Crippen LogP contribution is 2.35. The van der Waals surface area contributed by atoms with Gasteiger partial charge in [-0.15, -0.1) is 0 Å². The van der Waals surface area contributed by atoms with E-state index in [0.717, 1.165) is 17.9 Å². The third-order valence-corrected chi connectivity index (χ3v) is 4.14. The first kappa shape index (κ1) is 13.3. The number of aliphatic carboxylic acids is 1. The van der Waals surface area contributed by atoms with Crippen molar-refractivity contribution in [1.82, 2.24) is 15.3 Å². The van der Waals surface area contributed by atoms with Crippen molar-refractivity contribution >= 4 is 11.9 Å². The van der Waals surface area contributed by atoms with Crippen molar-refractivity contribution < 1.29 is 9.90 Å². The van der Waals surface area contributed by atoms with E-state index in [1.165, 1.54) is 19.3 Å². The maximum Gasteiger partial charge on any atom is 0.322 e. The molecular weight excluding hydrogens is 256 g/mol. The average Bonchev–Trinajstić information content (AvgIpc) is 2.36. The molecule has 2 aliphatic rings. The van der Waals surface area contributed by atoms with Gasteiger partial charge in [0.15, 0.2) is 0 Å². The van der Waals surface area contributed by atoms with Gasteiger partial charge in [-0.1, -0.05) is 6.42 Å². The molecule has 0 spiro atoms. The quantitative estimate of drug-likeness (QED) is 0.854. The molecule has 2 N–H and O–H groups in total. The van der Waals surface area contributed by atoms with Crippen LogP contribution in [0.4, 0.5) is 5.95 Å². The summed E-state index contributed by atoms with van der Waals surface area (Å²) in [5.41, 5.74) is 2.08. The number of anilines is 1. The molecule has 0 radical (unpaired) electrons. The minimum absolute atomic E-state index is 0.420. The standard InChI is InChI=1S/C14H20N4O2/c1-9-7-11(10-3-2-4-10)17-14(16-9)18-6-5-15-12(8-18)13(19)20/h7,10,12,15H,2-6,8H2,1H3,(H,19,20). The van der Waals surface area contributed by atoms with E-state index in [2.05, 4.69) is 21.4 Å². The SMILES string of the molecule is Cc1cc(C2CCC2)nc(N2CCNC(C(=O)O)C2)n1. The van der Waals surface area contributed by atoms with Gasteiger partial charge in [0.1, 0.15) is 6.04 Å². The molecule has 1 saturated carbocycles. The fourth-order valence-corrected chi connectivity index (χ4v) is 2.73. The monoisotopic (exact) mass is 276 g/mol. The molecule has 1 aliphatic carbocycles. The Kier molecular flexibility index (Phi) is 3.56. The molecular formula is C14H20N4O2. The second-order valence-corrected chi connectivity index (χ2v) is 5.65. The van der Waals surface area contributed by atoms with E-state index >= 15 is 0 Å². The van der Waals surface area contributed by atoms with Crippen LogP contribution in [-0.4, -0.2) is 46.7 Å². The van der Waals surface area contributed by atoms with E-state index in [9.17, 15) is 4.79 Å². The second-order valence-electron chi connectivity index (χ2n) is 5.65. The number of aryl methyl sites for hydroxylation is 1. The Morgan fingerprint density at radius 3 is 2.90 bits per heavy atom. The molecule has 1 aliphatic heterocycles. The Morgan fingerprint density at radius 2 is 2.25 bits per heavy atom. The number of nitrogens with zero attached hydrogens (tertiary/aromatic N) is 3. The molecule has 20 heavy (non-hydrogen) atoms. The van der Waals surface area contributed by atoms with Crippen molar-refractivity contribution in [2.75, 3.05) is 24.5 Å². The molecule has 6 heteroatoms. The molecule has 1 aromatic heterocycles. The van der Waals surface area contributed by atoms with Gasteiger partial charge >= 0.3 is 5.97 Å². The molecule has 0 amide bonds. The maximum absolute atomic E-state index is 11.1. The number of piperazine rings is 1. The molecule has 6 nitrogen and oxygen atoms in total. The molecule has 108 valence electrons. The zero-order chi connectivity index (χ0) is 14.1. The number of hydrogen-bond donors (Lipinski definition) is 2. The number of aromatic nitrogens is 2. The van der Waals surface area contributed by atoms with Crippen LogP contribution >= 0.6 is 0 Å². The van der Waals surface area contributed by atoms with E-state index < -0.39 is 12.0 Å². The zero-order valence-electron chi connectivity index (χ0n) is 11.7. The predicted molar refractivity (Wildman–Crippen MR) is 75.0 cm³/mol. The van der Waals surface area contributed by atoms with Crippen molar-refractivity contribution in [3.05, 3.63) is 17.5 Å². The summed E-state index contributed by atoms with van der Waals surface area (Å²) in [5.74, 6) is 0.426. The van der Waals surface area contributed by atoms with E-state index in [0.29, 0.717) is 25.0 Å². The van der Waals surface area contributed by atoms with Gasteiger partial charge in [0.05, 0.1) is 0 Å². The van der Waals surface area contributed by atoms with Crippen LogP contribution in [0.3, 0.4) is 0 Å². The normalized spacial score (nSPS) is 23.4. The highest BCUT2D eigenvalue weighted by atomic mass is 16.4. The molecule has 1 aromatic rings. The second kappa shape index (κ2) is 5.36. The highest BCUT2D eigenvalue weighted by molar-refractivity contribution is 5.74. The van der Waals surface area contributed by atoms with Gasteiger partial charge in [-0.25, -0.2) is 9.97 Å². The summed E-state index contributed by atoms with van der Waals surface area (Å²) < 4.78 is 0. The summed E-state index contributed by atoms with van der Waals surface area (Å²) >= 11 is 0. The number of rotatable bonds is 3. The van der Waals surface area contributed by atoms with Gasteiger partial charge < -0.3 is 15.3 Å². The lowest BCUT2D eigenvalue weighted by Gasteiger charge is -2.32. The Morgan fingerprint density at radius 1 is 1.45 bits per heavy atom. The summed E-state index contributed by atoms with van der Waals surface area (Å²) in [6.07, 6.45) is 3.68. The Bertz CT molecular complexity index is 516. The van der Waals surface area contributed by atoms with Crippen LogP contribution in [-0.2, 0) is 4.79 Å². The largest absolute Gasteiger partial charge is 0.480 e. The van der Waals surface area contributed by atoms with Crippen molar-refractivity contribution in [1.29, 1.82) is 0 Å². The number of carboxylic acid groups (broad SMARTS) is 1. The number of carbonyl (C=O) groups is 1. The number of hydrogen-bond acceptors (Lipinski definition) is 5. The molecule has 1 saturated heterocycles. The van der Waals surface area contributed by atoms with Crippen LogP contribution in [0.15, 0.2) is 6.07 Å². The van der Waals surface area contributed by atoms with Crippen LogP contribution in [0.5, 0.6) is 0 Å². The summed E-state index contributed by atoms with van der Waals surface area (Å²) in [4.78, 5) is 22.2. The highest BCUT2D eigenvalue weighted by Gasteiger charge is 2.28. The van der Waals surface area contributed by atoms with Crippen LogP contribution in [0.1, 0.15) is 36.6 Å². The molecule has 1 unspecified atom stereocenters. The lowest BCUT2D eigenvalue weighted by molar-refractivity contribution is -0.139. The smallest absolute Gasteiger partial charge is 0.322 e. The molecule has 2 fully saturated rings. The Balaban J connectivity index is 1.81. The third kappa shape index (κ3) is 2.60. The minimum atomic E-state index is -0.818. The molecule has 3 rings (SSSR count). The summed E-state index contributed by atoms with van der Waals surface area (Å²) in [7, 11) is 0. The third-order valence-electron chi connectivity index (χ3n) is 4.14. The average molecular weight is 276 g/mol. The maximum atomic E-state index is 11.1. The van der Waals surface area contributed by atoms with Crippen molar-refractivity contribution in [2.24, 2.45) is 0 Å². The van der Waals surface area contributed by atoms with Crippen molar-refractivity contribution in [3.63, 3.8) is 0 Å². The zero-order valence-corrected chi connectivity index (χ0v) is 11.7. The van der Waals surface area contributed by atoms with Gasteiger partial charge in [-0.2, -0.15) is 0 Å². The fraction of sp³-hybridized carbons (Fsp3) is 0.643. The molecule has 1 atom stereocenters. The summed E-state index contributed by atoms with van der Waals surface area (Å²) in [6, 6.07) is 1.52. The number of carboxylic acids is 1. The fourth-order valence-electron chi connectivity index (χ4n) is 2.73. The van der Waals surface area contributed by atoms with Crippen molar-refractivity contribution in [2.45, 2.75) is 38.1 Å². The summed E-state index contributed by atoms with van der Waals surface area (Å²) in [5, 5.41) is 12.1. The summed E-state index contributed by atoms with van der Waals surface area (Å²) in [6.45, 7) is 3.79. The van der Waals surface area contributed by atoms with Crippen LogP contribution in [0.2, 0.25) is 0 Å². The van der Waals surface area contributed by atoms with Crippen molar-refractivity contribution in [3.8, 4) is 0 Å². The van der Waals surface area contributed by atoms with Crippen LogP contribution in [0.25, 0.3) is 0 Å².